The summed E-state index contributed by atoms with van der Waals surface area (Å²) in [5.74, 6) is 0. The molecule has 1 aromatic heterocycles. The van der Waals surface area contributed by atoms with Crippen LogP contribution >= 0.6 is 27.5 Å². The van der Waals surface area contributed by atoms with Crippen LogP contribution in [0.2, 0.25) is 5.02 Å². The van der Waals surface area contributed by atoms with Crippen LogP contribution in [0.1, 0.15) is 5.69 Å². The molecule has 0 bridgehead atoms. The fourth-order valence-electron chi connectivity index (χ4n) is 1.64. The maximum absolute atomic E-state index is 6.20. The molecule has 1 heterocycles. The van der Waals surface area contributed by atoms with Crippen molar-refractivity contribution in [3.05, 3.63) is 33.4 Å². The molecule has 0 saturated heterocycles. The van der Waals surface area contributed by atoms with Crippen LogP contribution in [-0.2, 0) is 13.6 Å². The van der Waals surface area contributed by atoms with E-state index in [1.807, 2.05) is 29.8 Å². The lowest BCUT2D eigenvalue weighted by Gasteiger charge is -2.00. The Balaban J connectivity index is 2.87. The van der Waals surface area contributed by atoms with Gasteiger partial charge in [0.2, 0.25) is 0 Å². The van der Waals surface area contributed by atoms with Crippen LogP contribution in [0, 0.1) is 0 Å². The zero-order chi connectivity index (χ0) is 10.3. The SMILES string of the molecule is Cn1c(CN)c(Cl)c2ccc(Br)cc21. The molecule has 4 heteroatoms. The average molecular weight is 274 g/mol. The maximum atomic E-state index is 6.20. The second-order valence-corrected chi connectivity index (χ2v) is 4.48. The van der Waals surface area contributed by atoms with Crippen LogP contribution in [-0.4, -0.2) is 4.57 Å². The molecule has 0 fully saturated rings. The van der Waals surface area contributed by atoms with E-state index < -0.39 is 0 Å². The van der Waals surface area contributed by atoms with E-state index in [-0.39, 0.29) is 0 Å². The van der Waals surface area contributed by atoms with E-state index >= 15 is 0 Å². The van der Waals surface area contributed by atoms with Gasteiger partial charge in [-0.1, -0.05) is 33.6 Å². The van der Waals surface area contributed by atoms with Crippen molar-refractivity contribution in [1.29, 1.82) is 0 Å². The molecule has 74 valence electrons. The Bertz CT molecular complexity index is 490. The van der Waals surface area contributed by atoms with Crippen molar-refractivity contribution >= 4 is 38.4 Å². The van der Waals surface area contributed by atoms with Gasteiger partial charge in [-0.05, 0) is 12.1 Å². The number of benzene rings is 1. The van der Waals surface area contributed by atoms with Crippen LogP contribution in [0.25, 0.3) is 10.9 Å². The zero-order valence-electron chi connectivity index (χ0n) is 7.72. The van der Waals surface area contributed by atoms with Gasteiger partial charge in [-0.3, -0.25) is 0 Å². The van der Waals surface area contributed by atoms with Crippen molar-refractivity contribution in [2.45, 2.75) is 6.54 Å². The molecule has 2 N–H and O–H groups in total. The van der Waals surface area contributed by atoms with Gasteiger partial charge in [-0.2, -0.15) is 0 Å². The smallest absolute Gasteiger partial charge is 0.0707 e. The summed E-state index contributed by atoms with van der Waals surface area (Å²) < 4.78 is 3.08. The summed E-state index contributed by atoms with van der Waals surface area (Å²) in [5, 5.41) is 1.82. The molecule has 0 radical (unpaired) electrons. The van der Waals surface area contributed by atoms with Crippen LogP contribution < -0.4 is 5.73 Å². The molecule has 0 saturated carbocycles. The number of halogens is 2. The number of aromatic nitrogens is 1. The van der Waals surface area contributed by atoms with Crippen molar-refractivity contribution < 1.29 is 0 Å². The third kappa shape index (κ3) is 1.36. The Morgan fingerprint density at radius 3 is 2.86 bits per heavy atom. The van der Waals surface area contributed by atoms with Crippen LogP contribution in [0.5, 0.6) is 0 Å². The molecule has 2 aromatic rings. The van der Waals surface area contributed by atoms with E-state index in [1.54, 1.807) is 0 Å². The molecule has 0 aliphatic heterocycles. The van der Waals surface area contributed by atoms with E-state index in [0.717, 1.165) is 26.1 Å². The number of aryl methyl sites for hydroxylation is 1. The molecule has 14 heavy (non-hydrogen) atoms. The minimum absolute atomic E-state index is 0.460. The van der Waals surface area contributed by atoms with Gasteiger partial charge in [-0.25, -0.2) is 0 Å². The van der Waals surface area contributed by atoms with E-state index in [1.165, 1.54) is 0 Å². The fourth-order valence-corrected chi connectivity index (χ4v) is 2.36. The summed E-state index contributed by atoms with van der Waals surface area (Å²) in [6.07, 6.45) is 0. The summed E-state index contributed by atoms with van der Waals surface area (Å²) in [4.78, 5) is 0. The lowest BCUT2D eigenvalue weighted by atomic mass is 10.2. The maximum Gasteiger partial charge on any atom is 0.0707 e. The molecule has 2 nitrogen and oxygen atoms in total. The van der Waals surface area contributed by atoms with Gasteiger partial charge in [0.15, 0.2) is 0 Å². The van der Waals surface area contributed by atoms with Crippen molar-refractivity contribution in [3.63, 3.8) is 0 Å². The lowest BCUT2D eigenvalue weighted by molar-refractivity contribution is 0.849. The first-order valence-corrected chi connectivity index (χ1v) is 5.44. The second kappa shape index (κ2) is 3.57. The summed E-state index contributed by atoms with van der Waals surface area (Å²) >= 11 is 9.63. The lowest BCUT2D eigenvalue weighted by Crippen LogP contribution is -2.03. The van der Waals surface area contributed by atoms with E-state index in [0.29, 0.717) is 6.54 Å². The molecule has 0 spiro atoms. The largest absolute Gasteiger partial charge is 0.345 e. The van der Waals surface area contributed by atoms with Crippen LogP contribution in [0.4, 0.5) is 0 Å². The molecule has 0 unspecified atom stereocenters. The van der Waals surface area contributed by atoms with Crippen molar-refractivity contribution in [2.24, 2.45) is 12.8 Å². The molecule has 2 rings (SSSR count). The number of nitrogens with zero attached hydrogens (tertiary/aromatic N) is 1. The summed E-state index contributed by atoms with van der Waals surface area (Å²) in [5.41, 5.74) is 7.71. The first kappa shape index (κ1) is 10.0. The third-order valence-electron chi connectivity index (χ3n) is 2.41. The topological polar surface area (TPSA) is 30.9 Å². The number of hydrogen-bond acceptors (Lipinski definition) is 1. The van der Waals surface area contributed by atoms with E-state index in [2.05, 4.69) is 15.9 Å². The first-order valence-electron chi connectivity index (χ1n) is 4.27. The van der Waals surface area contributed by atoms with Gasteiger partial charge < -0.3 is 10.3 Å². The van der Waals surface area contributed by atoms with Gasteiger partial charge in [0.05, 0.1) is 16.2 Å². The van der Waals surface area contributed by atoms with E-state index in [9.17, 15) is 0 Å². The minimum Gasteiger partial charge on any atom is -0.345 e. The number of fused-ring (bicyclic) bond motifs is 1. The summed E-state index contributed by atoms with van der Waals surface area (Å²) in [7, 11) is 1.98. The van der Waals surface area contributed by atoms with Crippen molar-refractivity contribution in [1.82, 2.24) is 4.57 Å². The Kier molecular flexibility index (Phi) is 2.56. The highest BCUT2D eigenvalue weighted by molar-refractivity contribution is 9.10. The Morgan fingerprint density at radius 1 is 1.50 bits per heavy atom. The van der Waals surface area contributed by atoms with Gasteiger partial charge in [-0.15, -0.1) is 0 Å². The van der Waals surface area contributed by atoms with Gasteiger partial charge in [0, 0.05) is 23.5 Å². The monoisotopic (exact) mass is 272 g/mol. The normalized spacial score (nSPS) is 11.1. The molecule has 1 aromatic carbocycles. The highest BCUT2D eigenvalue weighted by Crippen LogP contribution is 2.31. The molecule has 0 amide bonds. The van der Waals surface area contributed by atoms with Gasteiger partial charge in [0.1, 0.15) is 0 Å². The van der Waals surface area contributed by atoms with Crippen LogP contribution in [0.15, 0.2) is 22.7 Å². The highest BCUT2D eigenvalue weighted by atomic mass is 79.9. The number of rotatable bonds is 1. The molecule has 0 aliphatic carbocycles. The molecule has 0 atom stereocenters. The van der Waals surface area contributed by atoms with Crippen molar-refractivity contribution in [2.75, 3.05) is 0 Å². The average Bonchev–Trinajstić information content (AvgIpc) is 2.39. The quantitative estimate of drug-likeness (QED) is 0.850. The van der Waals surface area contributed by atoms with Crippen LogP contribution in [0.3, 0.4) is 0 Å². The van der Waals surface area contributed by atoms with Gasteiger partial charge >= 0.3 is 0 Å². The Labute approximate surface area is 95.8 Å². The van der Waals surface area contributed by atoms with Crippen molar-refractivity contribution in [3.8, 4) is 0 Å². The fraction of sp³-hybridized carbons (Fsp3) is 0.200. The predicted molar refractivity (Wildman–Crippen MR) is 63.5 cm³/mol. The predicted octanol–water partition coefficient (Wildman–Crippen LogP) is 3.05. The number of nitrogens with two attached hydrogens (primary N) is 1. The standard InChI is InChI=1S/C10H10BrClN2/c1-14-8-4-6(11)2-3-7(8)10(12)9(14)5-13/h2-4H,5,13H2,1H3. The highest BCUT2D eigenvalue weighted by Gasteiger charge is 2.11. The Morgan fingerprint density at radius 2 is 2.21 bits per heavy atom. The first-order chi connectivity index (χ1) is 6.65. The van der Waals surface area contributed by atoms with E-state index in [4.69, 9.17) is 17.3 Å². The second-order valence-electron chi connectivity index (χ2n) is 3.19. The Hall–Kier alpha value is -0.510. The molecular formula is C10H10BrClN2. The minimum atomic E-state index is 0.460. The number of hydrogen-bond donors (Lipinski definition) is 1. The third-order valence-corrected chi connectivity index (χ3v) is 3.32. The molecular weight excluding hydrogens is 263 g/mol. The molecule has 0 aliphatic rings. The summed E-state index contributed by atoms with van der Waals surface area (Å²) in [6.45, 7) is 0.460. The zero-order valence-corrected chi connectivity index (χ0v) is 10.1. The van der Waals surface area contributed by atoms with Gasteiger partial charge in [0.25, 0.3) is 0 Å². The summed E-state index contributed by atoms with van der Waals surface area (Å²) in [6, 6.07) is 6.02.